The van der Waals surface area contributed by atoms with Crippen molar-refractivity contribution < 1.29 is 19.1 Å². The van der Waals surface area contributed by atoms with Crippen molar-refractivity contribution in [2.45, 2.75) is 13.0 Å². The number of nitrogens with one attached hydrogen (secondary N) is 2. The zero-order valence-electron chi connectivity index (χ0n) is 10.3. The third kappa shape index (κ3) is 11.1. The molecule has 2 amide bonds. The zero-order valence-corrected chi connectivity index (χ0v) is 10.3. The third-order valence-electron chi connectivity index (χ3n) is 1.78. The van der Waals surface area contributed by atoms with E-state index in [2.05, 4.69) is 10.6 Å². The molecule has 0 aromatic carbocycles. The van der Waals surface area contributed by atoms with Gasteiger partial charge in [-0.05, 0) is 6.92 Å². The molecule has 4 N–H and O–H groups in total. The largest absolute Gasteiger partial charge is 0.383 e. The lowest BCUT2D eigenvalue weighted by Crippen LogP contribution is -2.41. The number of amides is 2. The van der Waals surface area contributed by atoms with Gasteiger partial charge in [0, 0.05) is 19.7 Å². The Balaban J connectivity index is 3.36. The Kier molecular flexibility index (Phi) is 9.31. The predicted molar refractivity (Wildman–Crippen MR) is 62.4 cm³/mol. The molecule has 17 heavy (non-hydrogen) atoms. The molecule has 0 heterocycles. The molecule has 0 spiro atoms. The lowest BCUT2D eigenvalue weighted by Gasteiger charge is -2.12. The Morgan fingerprint density at radius 3 is 2.71 bits per heavy atom. The quantitative estimate of drug-likeness (QED) is 0.396. The number of hydrogen-bond acceptors (Lipinski definition) is 5. The number of carbonyl (C=O) groups excluding carboxylic acids is 2. The first-order valence-electron chi connectivity index (χ1n) is 5.41. The van der Waals surface area contributed by atoms with E-state index in [0.29, 0.717) is 19.8 Å². The highest BCUT2D eigenvalue weighted by Gasteiger charge is 2.05. The molecule has 0 aliphatic heterocycles. The summed E-state index contributed by atoms with van der Waals surface area (Å²) in [5.41, 5.74) is 4.88. The number of carbonyl (C=O) groups is 2. The summed E-state index contributed by atoms with van der Waals surface area (Å²) in [5.74, 6) is -0.611. The normalized spacial score (nSPS) is 12.1. The summed E-state index contributed by atoms with van der Waals surface area (Å²) in [6.07, 6.45) is 0. The van der Waals surface area contributed by atoms with Crippen molar-refractivity contribution in [3.05, 3.63) is 0 Å². The Bertz CT molecular complexity index is 236. The van der Waals surface area contributed by atoms with E-state index in [0.717, 1.165) is 0 Å². The summed E-state index contributed by atoms with van der Waals surface area (Å²) in [4.78, 5) is 21.6. The molecule has 0 radical (unpaired) electrons. The van der Waals surface area contributed by atoms with Crippen LogP contribution in [-0.4, -0.2) is 57.9 Å². The van der Waals surface area contributed by atoms with Crippen molar-refractivity contribution in [1.82, 2.24) is 10.6 Å². The first-order valence-corrected chi connectivity index (χ1v) is 5.41. The smallest absolute Gasteiger partial charge is 0.243 e. The lowest BCUT2D eigenvalue weighted by molar-refractivity contribution is -0.123. The van der Waals surface area contributed by atoms with E-state index in [9.17, 15) is 9.59 Å². The summed E-state index contributed by atoms with van der Waals surface area (Å²) >= 11 is 0. The standard InChI is InChI=1S/C10H21N3O4/c1-8(6-16-2)13-10(15)5-12-3-4-17-7-9(11)14/h8,12H,3-7H2,1-2H3,(H2,11,14)(H,13,15). The van der Waals surface area contributed by atoms with Gasteiger partial charge in [0.05, 0.1) is 19.8 Å². The molecule has 0 saturated carbocycles. The van der Waals surface area contributed by atoms with E-state index < -0.39 is 5.91 Å². The summed E-state index contributed by atoms with van der Waals surface area (Å²) < 4.78 is 9.79. The number of rotatable bonds is 10. The molecule has 0 aromatic rings. The van der Waals surface area contributed by atoms with Crippen LogP contribution < -0.4 is 16.4 Å². The average molecular weight is 247 g/mol. The van der Waals surface area contributed by atoms with Crippen LogP contribution in [0.25, 0.3) is 0 Å². The number of ether oxygens (including phenoxy) is 2. The van der Waals surface area contributed by atoms with Crippen molar-refractivity contribution in [1.29, 1.82) is 0 Å². The molecule has 7 nitrogen and oxygen atoms in total. The second-order valence-corrected chi connectivity index (χ2v) is 3.62. The van der Waals surface area contributed by atoms with Crippen molar-refractivity contribution in [2.24, 2.45) is 5.73 Å². The van der Waals surface area contributed by atoms with E-state index in [-0.39, 0.29) is 25.1 Å². The highest BCUT2D eigenvalue weighted by atomic mass is 16.5. The number of nitrogens with two attached hydrogens (primary N) is 1. The molecular formula is C10H21N3O4. The molecule has 0 aliphatic carbocycles. The first kappa shape index (κ1) is 15.8. The Labute approximate surface area is 101 Å². The maximum atomic E-state index is 11.3. The van der Waals surface area contributed by atoms with Gasteiger partial charge in [0.25, 0.3) is 0 Å². The topological polar surface area (TPSA) is 103 Å². The van der Waals surface area contributed by atoms with Gasteiger partial charge in [-0.1, -0.05) is 0 Å². The highest BCUT2D eigenvalue weighted by molar-refractivity contribution is 5.78. The second kappa shape index (κ2) is 10.0. The molecule has 1 unspecified atom stereocenters. The second-order valence-electron chi connectivity index (χ2n) is 3.62. The summed E-state index contributed by atoms with van der Waals surface area (Å²) in [5, 5.41) is 5.62. The van der Waals surface area contributed by atoms with Crippen LogP contribution in [-0.2, 0) is 19.1 Å². The fraction of sp³-hybridized carbons (Fsp3) is 0.800. The van der Waals surface area contributed by atoms with Gasteiger partial charge in [0.2, 0.25) is 11.8 Å². The van der Waals surface area contributed by atoms with Gasteiger partial charge in [-0.3, -0.25) is 9.59 Å². The average Bonchev–Trinajstić information content (AvgIpc) is 2.23. The van der Waals surface area contributed by atoms with Crippen molar-refractivity contribution in [3.8, 4) is 0 Å². The number of methoxy groups -OCH3 is 1. The predicted octanol–water partition coefficient (Wildman–Crippen LogP) is -1.77. The van der Waals surface area contributed by atoms with Crippen LogP contribution in [0, 0.1) is 0 Å². The Morgan fingerprint density at radius 2 is 2.12 bits per heavy atom. The maximum Gasteiger partial charge on any atom is 0.243 e. The minimum atomic E-state index is -0.504. The van der Waals surface area contributed by atoms with E-state index in [1.807, 2.05) is 6.92 Å². The van der Waals surface area contributed by atoms with E-state index in [4.69, 9.17) is 15.2 Å². The monoisotopic (exact) mass is 247 g/mol. The van der Waals surface area contributed by atoms with E-state index in [1.165, 1.54) is 0 Å². The molecule has 0 aliphatic rings. The Hall–Kier alpha value is -1.18. The van der Waals surface area contributed by atoms with Gasteiger partial charge in [0.1, 0.15) is 6.61 Å². The molecule has 7 heteroatoms. The third-order valence-corrected chi connectivity index (χ3v) is 1.78. The highest BCUT2D eigenvalue weighted by Crippen LogP contribution is 1.81. The molecule has 0 aromatic heterocycles. The van der Waals surface area contributed by atoms with E-state index >= 15 is 0 Å². The molecule has 100 valence electrons. The number of primary amides is 1. The molecule has 0 bridgehead atoms. The van der Waals surface area contributed by atoms with Gasteiger partial charge in [-0.2, -0.15) is 0 Å². The number of hydrogen-bond donors (Lipinski definition) is 3. The molecular weight excluding hydrogens is 226 g/mol. The van der Waals surface area contributed by atoms with Gasteiger partial charge in [0.15, 0.2) is 0 Å². The maximum absolute atomic E-state index is 11.3. The minimum Gasteiger partial charge on any atom is -0.383 e. The lowest BCUT2D eigenvalue weighted by atomic mass is 10.3. The van der Waals surface area contributed by atoms with Gasteiger partial charge < -0.3 is 25.8 Å². The van der Waals surface area contributed by atoms with Crippen molar-refractivity contribution in [2.75, 3.05) is 40.0 Å². The molecule has 0 saturated heterocycles. The zero-order chi connectivity index (χ0) is 13.1. The summed E-state index contributed by atoms with van der Waals surface area (Å²) in [6.45, 7) is 3.26. The van der Waals surface area contributed by atoms with Gasteiger partial charge >= 0.3 is 0 Å². The van der Waals surface area contributed by atoms with Crippen molar-refractivity contribution >= 4 is 11.8 Å². The van der Waals surface area contributed by atoms with Crippen LogP contribution in [0.4, 0.5) is 0 Å². The van der Waals surface area contributed by atoms with Crippen LogP contribution in [0.3, 0.4) is 0 Å². The van der Waals surface area contributed by atoms with Crippen LogP contribution in [0.15, 0.2) is 0 Å². The van der Waals surface area contributed by atoms with Crippen LogP contribution in [0.2, 0.25) is 0 Å². The van der Waals surface area contributed by atoms with Gasteiger partial charge in [-0.25, -0.2) is 0 Å². The van der Waals surface area contributed by atoms with Crippen LogP contribution >= 0.6 is 0 Å². The van der Waals surface area contributed by atoms with Crippen molar-refractivity contribution in [3.63, 3.8) is 0 Å². The van der Waals surface area contributed by atoms with Gasteiger partial charge in [-0.15, -0.1) is 0 Å². The minimum absolute atomic E-state index is 0.0135. The fourth-order valence-corrected chi connectivity index (χ4v) is 1.14. The first-order chi connectivity index (χ1) is 8.06. The van der Waals surface area contributed by atoms with E-state index in [1.54, 1.807) is 7.11 Å². The summed E-state index contributed by atoms with van der Waals surface area (Å²) in [6, 6.07) is -0.0135. The SMILES string of the molecule is COCC(C)NC(=O)CNCCOCC(N)=O. The summed E-state index contributed by atoms with van der Waals surface area (Å²) in [7, 11) is 1.58. The fourth-order valence-electron chi connectivity index (χ4n) is 1.14. The molecule has 1 atom stereocenters. The van der Waals surface area contributed by atoms with Crippen LogP contribution in [0.5, 0.6) is 0 Å². The van der Waals surface area contributed by atoms with Crippen LogP contribution in [0.1, 0.15) is 6.92 Å². The molecule has 0 rings (SSSR count). The molecule has 0 fully saturated rings. The Morgan fingerprint density at radius 1 is 1.41 bits per heavy atom.